The molecule has 0 saturated carbocycles. The van der Waals surface area contributed by atoms with E-state index in [0.717, 1.165) is 25.9 Å². The Kier molecular flexibility index (Phi) is 5.66. The minimum Gasteiger partial charge on any atom is -0.444 e. The van der Waals surface area contributed by atoms with Crippen molar-refractivity contribution in [2.75, 3.05) is 19.7 Å². The van der Waals surface area contributed by atoms with Crippen LogP contribution < -0.4 is 0 Å². The highest BCUT2D eigenvalue weighted by molar-refractivity contribution is 5.68. The van der Waals surface area contributed by atoms with Gasteiger partial charge >= 0.3 is 6.09 Å². The van der Waals surface area contributed by atoms with Gasteiger partial charge in [-0.2, -0.15) is 0 Å². The lowest BCUT2D eigenvalue weighted by Gasteiger charge is -2.33. The van der Waals surface area contributed by atoms with Crippen molar-refractivity contribution in [1.82, 2.24) is 4.90 Å². The van der Waals surface area contributed by atoms with Crippen LogP contribution in [0.4, 0.5) is 4.79 Å². The molecule has 18 heavy (non-hydrogen) atoms. The molecular formula is C14H25NO3. The Balaban J connectivity index is 2.28. The summed E-state index contributed by atoms with van der Waals surface area (Å²) in [7, 11) is 0. The van der Waals surface area contributed by atoms with E-state index in [1.165, 1.54) is 0 Å². The van der Waals surface area contributed by atoms with Gasteiger partial charge in [0, 0.05) is 13.1 Å². The van der Waals surface area contributed by atoms with Gasteiger partial charge in [-0.3, -0.25) is 0 Å². The first-order valence-corrected chi connectivity index (χ1v) is 6.63. The zero-order valence-electron chi connectivity index (χ0n) is 11.9. The zero-order chi connectivity index (χ0) is 13.6. The summed E-state index contributed by atoms with van der Waals surface area (Å²) in [5, 5.41) is 0. The molecule has 1 aliphatic rings. The third-order valence-corrected chi connectivity index (χ3v) is 2.76. The van der Waals surface area contributed by atoms with E-state index in [0.29, 0.717) is 6.61 Å². The van der Waals surface area contributed by atoms with Gasteiger partial charge in [-0.15, -0.1) is 0 Å². The van der Waals surface area contributed by atoms with Gasteiger partial charge in [-0.05, 0) is 40.5 Å². The predicted molar refractivity (Wildman–Crippen MR) is 71.6 cm³/mol. The molecule has 0 aromatic rings. The number of piperidine rings is 1. The number of hydrogen-bond acceptors (Lipinski definition) is 3. The van der Waals surface area contributed by atoms with Gasteiger partial charge in [-0.1, -0.05) is 12.2 Å². The Morgan fingerprint density at radius 3 is 2.44 bits per heavy atom. The van der Waals surface area contributed by atoms with Crippen molar-refractivity contribution in [1.29, 1.82) is 0 Å². The molecule has 1 heterocycles. The van der Waals surface area contributed by atoms with Gasteiger partial charge in [0.2, 0.25) is 0 Å². The molecule has 1 amide bonds. The first kappa shape index (κ1) is 15.0. The van der Waals surface area contributed by atoms with Crippen molar-refractivity contribution in [3.05, 3.63) is 12.2 Å². The summed E-state index contributed by atoms with van der Waals surface area (Å²) in [6.07, 6.45) is 5.80. The van der Waals surface area contributed by atoms with Crippen LogP contribution in [0.5, 0.6) is 0 Å². The number of carbonyl (C=O) groups excluding carboxylic acids is 1. The van der Waals surface area contributed by atoms with Crippen LogP contribution in [0.3, 0.4) is 0 Å². The number of hydrogen-bond donors (Lipinski definition) is 0. The van der Waals surface area contributed by atoms with E-state index in [1.807, 2.05) is 39.8 Å². The van der Waals surface area contributed by atoms with E-state index in [2.05, 4.69) is 0 Å². The summed E-state index contributed by atoms with van der Waals surface area (Å²) in [6.45, 7) is 9.74. The van der Waals surface area contributed by atoms with E-state index < -0.39 is 5.60 Å². The third kappa shape index (κ3) is 5.54. The Hall–Kier alpha value is -1.03. The average molecular weight is 255 g/mol. The smallest absolute Gasteiger partial charge is 0.410 e. The maximum Gasteiger partial charge on any atom is 0.410 e. The number of amides is 1. The van der Waals surface area contributed by atoms with Crippen LogP contribution in [0.15, 0.2) is 12.2 Å². The van der Waals surface area contributed by atoms with Crippen molar-refractivity contribution < 1.29 is 14.3 Å². The number of nitrogens with zero attached hydrogens (tertiary/aromatic N) is 1. The molecule has 4 heteroatoms. The summed E-state index contributed by atoms with van der Waals surface area (Å²) >= 11 is 0. The van der Waals surface area contributed by atoms with Crippen molar-refractivity contribution in [2.24, 2.45) is 0 Å². The summed E-state index contributed by atoms with van der Waals surface area (Å²) in [6, 6.07) is 0. The lowest BCUT2D eigenvalue weighted by atomic mass is 10.1. The average Bonchev–Trinajstić information content (AvgIpc) is 2.28. The molecule has 0 bridgehead atoms. The standard InChI is InChI=1S/C14H25NO3/c1-5-6-11-17-12-7-9-15(10-8-12)13(16)18-14(2,3)4/h5-6,12H,7-11H2,1-4H3. The number of rotatable bonds is 3. The van der Waals surface area contributed by atoms with Crippen molar-refractivity contribution >= 4 is 6.09 Å². The van der Waals surface area contributed by atoms with Crippen molar-refractivity contribution in [3.8, 4) is 0 Å². The fraction of sp³-hybridized carbons (Fsp3) is 0.786. The largest absolute Gasteiger partial charge is 0.444 e. The number of carbonyl (C=O) groups is 1. The second kappa shape index (κ2) is 6.78. The highest BCUT2D eigenvalue weighted by Gasteiger charge is 2.26. The Morgan fingerprint density at radius 2 is 1.94 bits per heavy atom. The summed E-state index contributed by atoms with van der Waals surface area (Å²) in [4.78, 5) is 13.6. The third-order valence-electron chi connectivity index (χ3n) is 2.76. The van der Waals surface area contributed by atoms with Crippen molar-refractivity contribution in [2.45, 2.75) is 52.2 Å². The Bertz CT molecular complexity index is 286. The molecule has 4 nitrogen and oxygen atoms in total. The van der Waals surface area contributed by atoms with E-state index in [-0.39, 0.29) is 12.2 Å². The van der Waals surface area contributed by atoms with E-state index in [4.69, 9.17) is 9.47 Å². The summed E-state index contributed by atoms with van der Waals surface area (Å²) in [5.74, 6) is 0. The summed E-state index contributed by atoms with van der Waals surface area (Å²) < 4.78 is 11.0. The van der Waals surface area contributed by atoms with Gasteiger partial charge in [0.15, 0.2) is 0 Å². The van der Waals surface area contributed by atoms with Gasteiger partial charge in [-0.25, -0.2) is 4.79 Å². The first-order chi connectivity index (χ1) is 8.42. The van der Waals surface area contributed by atoms with Gasteiger partial charge < -0.3 is 14.4 Å². The zero-order valence-corrected chi connectivity index (χ0v) is 11.9. The number of likely N-dealkylation sites (tertiary alicyclic amines) is 1. The highest BCUT2D eigenvalue weighted by atomic mass is 16.6. The molecule has 1 saturated heterocycles. The molecule has 1 rings (SSSR count). The quantitative estimate of drug-likeness (QED) is 0.728. The SMILES string of the molecule is CC=CCOC1CCN(C(=O)OC(C)(C)C)CC1. The predicted octanol–water partition coefficient (Wildman–Crippen LogP) is 2.98. The fourth-order valence-corrected chi connectivity index (χ4v) is 1.82. The summed E-state index contributed by atoms with van der Waals surface area (Å²) in [5.41, 5.74) is -0.420. The van der Waals surface area contributed by atoms with Crippen LogP contribution >= 0.6 is 0 Å². The Labute approximate surface area is 110 Å². The lowest BCUT2D eigenvalue weighted by molar-refractivity contribution is -0.00472. The fourth-order valence-electron chi connectivity index (χ4n) is 1.82. The van der Waals surface area contributed by atoms with Crippen LogP contribution in [0.1, 0.15) is 40.5 Å². The maximum absolute atomic E-state index is 11.8. The molecule has 0 radical (unpaired) electrons. The van der Waals surface area contributed by atoms with Crippen LogP contribution in [0.2, 0.25) is 0 Å². The topological polar surface area (TPSA) is 38.8 Å². The van der Waals surface area contributed by atoms with E-state index in [1.54, 1.807) is 4.90 Å². The first-order valence-electron chi connectivity index (χ1n) is 6.63. The molecule has 0 spiro atoms. The maximum atomic E-state index is 11.8. The van der Waals surface area contributed by atoms with Crippen LogP contribution in [-0.4, -0.2) is 42.4 Å². The van der Waals surface area contributed by atoms with Crippen LogP contribution in [-0.2, 0) is 9.47 Å². The normalized spacial score (nSPS) is 18.3. The van der Waals surface area contributed by atoms with Gasteiger partial charge in [0.05, 0.1) is 12.7 Å². The molecule has 1 fully saturated rings. The molecule has 0 aromatic carbocycles. The molecular weight excluding hydrogens is 230 g/mol. The lowest BCUT2D eigenvalue weighted by Crippen LogP contribution is -2.43. The van der Waals surface area contributed by atoms with Crippen LogP contribution in [0.25, 0.3) is 0 Å². The molecule has 0 unspecified atom stereocenters. The Morgan fingerprint density at radius 1 is 1.33 bits per heavy atom. The molecule has 0 atom stereocenters. The van der Waals surface area contributed by atoms with Crippen LogP contribution in [0, 0.1) is 0 Å². The second-order valence-corrected chi connectivity index (χ2v) is 5.57. The number of ether oxygens (including phenoxy) is 2. The van der Waals surface area contributed by atoms with E-state index >= 15 is 0 Å². The number of allylic oxidation sites excluding steroid dienone is 1. The highest BCUT2D eigenvalue weighted by Crippen LogP contribution is 2.17. The molecule has 0 aliphatic carbocycles. The monoisotopic (exact) mass is 255 g/mol. The van der Waals surface area contributed by atoms with Gasteiger partial charge in [0.25, 0.3) is 0 Å². The van der Waals surface area contributed by atoms with E-state index in [9.17, 15) is 4.79 Å². The minimum atomic E-state index is -0.420. The second-order valence-electron chi connectivity index (χ2n) is 5.57. The minimum absolute atomic E-state index is 0.214. The molecule has 104 valence electrons. The molecule has 1 aliphatic heterocycles. The molecule has 0 aromatic heterocycles. The molecule has 0 N–H and O–H groups in total. The van der Waals surface area contributed by atoms with Gasteiger partial charge in [0.1, 0.15) is 5.60 Å². The van der Waals surface area contributed by atoms with Crippen molar-refractivity contribution in [3.63, 3.8) is 0 Å².